The van der Waals surface area contributed by atoms with Gasteiger partial charge in [0.05, 0.1) is 11.2 Å². The monoisotopic (exact) mass is 731 g/mol. The highest BCUT2D eigenvalue weighted by Crippen LogP contribution is 2.52. The number of benzene rings is 7. The average Bonchev–Trinajstić information content (AvgIpc) is 3.62. The average molecular weight is 732 g/mol. The van der Waals surface area contributed by atoms with Gasteiger partial charge in [-0.25, -0.2) is 4.98 Å². The van der Waals surface area contributed by atoms with Crippen LogP contribution in [0.4, 0.5) is 0 Å². The van der Waals surface area contributed by atoms with E-state index in [2.05, 4.69) is 186 Å². The number of hydrogen-bond donors (Lipinski definition) is 0. The standard InChI is InChI=1S/C56H45N/c1-7-8-9-16-35(2)36-23-25-37(26-24-36)46-33-48-47(38-27-29-43-41-18-12-14-21-49(41)55(3,4)51(43)31-38)34-53(57-54(48)45-20-11-10-17-40(45)46)39-28-30-44-42-19-13-15-22-50(42)56(5,6)52(44)32-39/h7-34H,2H2,1,3-6H3/b8-7-,16-9-. The number of allylic oxidation sites excluding steroid dienone is 5. The number of fused-ring (bicyclic) bond motifs is 9. The van der Waals surface area contributed by atoms with Gasteiger partial charge in [0.1, 0.15) is 0 Å². The van der Waals surface area contributed by atoms with Crippen molar-refractivity contribution in [2.75, 3.05) is 0 Å². The lowest BCUT2D eigenvalue weighted by Crippen LogP contribution is -2.15. The summed E-state index contributed by atoms with van der Waals surface area (Å²) in [7, 11) is 0. The largest absolute Gasteiger partial charge is 0.247 e. The van der Waals surface area contributed by atoms with Gasteiger partial charge in [0.15, 0.2) is 0 Å². The van der Waals surface area contributed by atoms with Crippen LogP contribution in [0, 0.1) is 0 Å². The minimum absolute atomic E-state index is 0.103. The summed E-state index contributed by atoms with van der Waals surface area (Å²) in [4.78, 5) is 5.60. The maximum Gasteiger partial charge on any atom is 0.0794 e. The van der Waals surface area contributed by atoms with Crippen molar-refractivity contribution < 1.29 is 0 Å². The molecule has 2 aliphatic carbocycles. The second-order valence-electron chi connectivity index (χ2n) is 16.8. The van der Waals surface area contributed by atoms with Crippen molar-refractivity contribution in [3.8, 4) is 55.8 Å². The lowest BCUT2D eigenvalue weighted by molar-refractivity contribution is 0.660. The summed E-state index contributed by atoms with van der Waals surface area (Å²) < 4.78 is 0. The van der Waals surface area contributed by atoms with Crippen LogP contribution < -0.4 is 0 Å². The summed E-state index contributed by atoms with van der Waals surface area (Å²) in [6.07, 6.45) is 8.16. The van der Waals surface area contributed by atoms with E-state index in [1.54, 1.807) is 0 Å². The highest BCUT2D eigenvalue weighted by atomic mass is 14.7. The highest BCUT2D eigenvalue weighted by Gasteiger charge is 2.37. The molecule has 1 heteroatoms. The first kappa shape index (κ1) is 34.9. The van der Waals surface area contributed by atoms with Crippen LogP contribution in [-0.4, -0.2) is 4.98 Å². The Morgan fingerprint density at radius 3 is 1.65 bits per heavy atom. The summed E-state index contributed by atoms with van der Waals surface area (Å²) in [6, 6.07) is 54.2. The Labute approximate surface area is 336 Å². The Balaban J connectivity index is 1.20. The smallest absolute Gasteiger partial charge is 0.0794 e. The molecule has 0 atom stereocenters. The summed E-state index contributed by atoms with van der Waals surface area (Å²) >= 11 is 0. The maximum atomic E-state index is 5.60. The molecule has 1 aromatic heterocycles. The molecule has 0 radical (unpaired) electrons. The number of aromatic nitrogens is 1. The van der Waals surface area contributed by atoms with Crippen LogP contribution >= 0.6 is 0 Å². The van der Waals surface area contributed by atoms with E-state index in [0.717, 1.165) is 38.7 Å². The summed E-state index contributed by atoms with van der Waals surface area (Å²) in [5.74, 6) is 0. The quantitative estimate of drug-likeness (QED) is 0.123. The van der Waals surface area contributed by atoms with Gasteiger partial charge >= 0.3 is 0 Å². The Morgan fingerprint density at radius 2 is 1.00 bits per heavy atom. The molecule has 0 spiro atoms. The second kappa shape index (κ2) is 13.0. The molecular weight excluding hydrogens is 687 g/mol. The van der Waals surface area contributed by atoms with Crippen LogP contribution in [0.15, 0.2) is 176 Å². The molecule has 57 heavy (non-hydrogen) atoms. The fourth-order valence-corrected chi connectivity index (χ4v) is 9.66. The minimum Gasteiger partial charge on any atom is -0.247 e. The van der Waals surface area contributed by atoms with Gasteiger partial charge in [-0.15, -0.1) is 0 Å². The second-order valence-corrected chi connectivity index (χ2v) is 16.8. The van der Waals surface area contributed by atoms with E-state index < -0.39 is 0 Å². The Bertz CT molecular complexity index is 3020. The lowest BCUT2D eigenvalue weighted by Gasteiger charge is -2.23. The molecule has 1 heterocycles. The van der Waals surface area contributed by atoms with Crippen LogP contribution in [0.3, 0.4) is 0 Å². The van der Waals surface area contributed by atoms with Gasteiger partial charge in [-0.05, 0) is 114 Å². The molecule has 0 aliphatic heterocycles. The summed E-state index contributed by atoms with van der Waals surface area (Å²) in [6.45, 7) is 15.8. The van der Waals surface area contributed by atoms with E-state index in [1.165, 1.54) is 72.1 Å². The van der Waals surface area contributed by atoms with Gasteiger partial charge < -0.3 is 0 Å². The molecule has 0 unspecified atom stereocenters. The third kappa shape index (κ3) is 5.41. The lowest BCUT2D eigenvalue weighted by atomic mass is 9.81. The number of hydrogen-bond acceptors (Lipinski definition) is 1. The van der Waals surface area contributed by atoms with Crippen LogP contribution in [0.25, 0.3) is 83.0 Å². The fraction of sp³-hybridized carbons (Fsp3) is 0.125. The fourth-order valence-electron chi connectivity index (χ4n) is 9.66. The molecule has 0 amide bonds. The van der Waals surface area contributed by atoms with E-state index in [-0.39, 0.29) is 10.8 Å². The van der Waals surface area contributed by atoms with Crippen molar-refractivity contribution in [1.82, 2.24) is 4.98 Å². The summed E-state index contributed by atoms with van der Waals surface area (Å²) in [5, 5.41) is 3.49. The molecule has 274 valence electrons. The third-order valence-electron chi connectivity index (χ3n) is 12.8. The van der Waals surface area contributed by atoms with Crippen LogP contribution in [-0.2, 0) is 10.8 Å². The zero-order chi connectivity index (χ0) is 39.1. The number of pyridine rings is 1. The Morgan fingerprint density at radius 1 is 0.474 bits per heavy atom. The zero-order valence-electron chi connectivity index (χ0n) is 33.3. The molecule has 0 saturated carbocycles. The number of rotatable bonds is 6. The zero-order valence-corrected chi connectivity index (χ0v) is 33.3. The highest BCUT2D eigenvalue weighted by molar-refractivity contribution is 6.16. The molecule has 0 saturated heterocycles. The maximum absolute atomic E-state index is 5.60. The predicted molar refractivity (Wildman–Crippen MR) is 244 cm³/mol. The first-order valence-corrected chi connectivity index (χ1v) is 20.1. The van der Waals surface area contributed by atoms with Crippen molar-refractivity contribution in [1.29, 1.82) is 0 Å². The van der Waals surface area contributed by atoms with Crippen molar-refractivity contribution in [2.45, 2.75) is 45.4 Å². The topological polar surface area (TPSA) is 12.9 Å². The molecule has 10 rings (SSSR count). The van der Waals surface area contributed by atoms with Crippen LogP contribution in [0.2, 0.25) is 0 Å². The van der Waals surface area contributed by atoms with E-state index >= 15 is 0 Å². The van der Waals surface area contributed by atoms with E-state index in [1.807, 2.05) is 25.2 Å². The van der Waals surface area contributed by atoms with Gasteiger partial charge in [-0.1, -0.05) is 180 Å². The van der Waals surface area contributed by atoms with E-state index in [9.17, 15) is 0 Å². The van der Waals surface area contributed by atoms with Gasteiger partial charge in [-0.2, -0.15) is 0 Å². The minimum atomic E-state index is -0.111. The molecule has 1 nitrogen and oxygen atoms in total. The van der Waals surface area contributed by atoms with E-state index in [4.69, 9.17) is 4.98 Å². The Hall–Kier alpha value is -6.57. The molecule has 0 N–H and O–H groups in total. The van der Waals surface area contributed by atoms with Crippen molar-refractivity contribution in [3.05, 3.63) is 204 Å². The van der Waals surface area contributed by atoms with E-state index in [0.29, 0.717) is 0 Å². The van der Waals surface area contributed by atoms with Gasteiger partial charge in [-0.3, -0.25) is 0 Å². The number of nitrogens with zero attached hydrogens (tertiary/aromatic N) is 1. The summed E-state index contributed by atoms with van der Waals surface area (Å²) in [5.41, 5.74) is 20.6. The van der Waals surface area contributed by atoms with Gasteiger partial charge in [0.2, 0.25) is 0 Å². The van der Waals surface area contributed by atoms with Crippen molar-refractivity contribution >= 4 is 27.2 Å². The normalized spacial score (nSPS) is 14.6. The third-order valence-corrected chi connectivity index (χ3v) is 12.8. The predicted octanol–water partition coefficient (Wildman–Crippen LogP) is 15.1. The molecule has 7 aromatic carbocycles. The molecule has 0 fully saturated rings. The molecular formula is C56H45N. The molecule has 8 aromatic rings. The van der Waals surface area contributed by atoms with Gasteiger partial charge in [0.25, 0.3) is 0 Å². The van der Waals surface area contributed by atoms with Gasteiger partial charge in [0, 0.05) is 27.2 Å². The van der Waals surface area contributed by atoms with Crippen LogP contribution in [0.5, 0.6) is 0 Å². The SMILES string of the molecule is C=C(/C=C\C=C/C)c1ccc(-c2cc3c(-c4ccc5c(c4)C(C)(C)c4ccccc4-5)cc(-c4ccc5c(c4)C(C)(C)c4ccccc4-5)nc3c3ccccc23)cc1. The van der Waals surface area contributed by atoms with Crippen LogP contribution in [0.1, 0.15) is 62.4 Å². The van der Waals surface area contributed by atoms with Crippen molar-refractivity contribution in [3.63, 3.8) is 0 Å². The van der Waals surface area contributed by atoms with Crippen molar-refractivity contribution in [2.24, 2.45) is 0 Å². The Kier molecular flexibility index (Phi) is 7.96. The first-order chi connectivity index (χ1) is 27.6. The molecule has 0 bridgehead atoms. The first-order valence-electron chi connectivity index (χ1n) is 20.1. The molecule has 2 aliphatic rings.